The van der Waals surface area contributed by atoms with Gasteiger partial charge in [-0.3, -0.25) is 38.4 Å². The summed E-state index contributed by atoms with van der Waals surface area (Å²) in [6, 6.07) is 6.91. The number of phenolic OH excluding ortho intramolecular Hbond substituents is 2. The van der Waals surface area contributed by atoms with Crippen LogP contribution in [0.3, 0.4) is 0 Å². The highest BCUT2D eigenvalue weighted by molar-refractivity contribution is 6.32. The maximum absolute atomic E-state index is 17.0. The molecule has 37 heteroatoms. The van der Waals surface area contributed by atoms with Crippen molar-refractivity contribution >= 4 is 76.2 Å². The SMILES string of the molecule is CCCCCCCCNC(=O)Oc1cc(O)c2c(c1)[C@@H](C(=O)CC1C3CC4CC(C3)CC1C4)NC(=O)[C@H]1NC(=O)[C@H](CC(=O)[C@@H]3NC(=O)[C@H](CC(N)=O)CC(=O)[C@H](NC(=O)[C@@H](CC(C)C)NC)[C@H](O)c4ccc(c(Cl)c4)Oc4cc3cc(c4OC3OC(CO)C(O)C(O)C3OC3CC(C)(N)C(O)C(C)O3)Oc3ccc(cc3Cl)[C@H]1OC1CC(C)(N)C(O)C(C)O1)c1ccc(O)c-2c1. The lowest BCUT2D eigenvalue weighted by molar-refractivity contribution is -0.333. The van der Waals surface area contributed by atoms with Crippen molar-refractivity contribution in [1.82, 2.24) is 31.9 Å². The molecule has 3 saturated heterocycles. The number of rotatable bonds is 25. The van der Waals surface area contributed by atoms with Gasteiger partial charge in [0.25, 0.3) is 0 Å². The van der Waals surface area contributed by atoms with E-state index in [9.17, 15) is 55.2 Å². The molecule has 5 aromatic rings. The number of phenols is 2. The van der Waals surface area contributed by atoms with Crippen molar-refractivity contribution in [2.45, 2.75) is 291 Å². The number of benzene rings is 5. The van der Waals surface area contributed by atoms with Crippen molar-refractivity contribution in [3.8, 4) is 57.1 Å². The molecule has 17 rings (SSSR count). The molecular formula is C95H123Cl2N9O26. The number of amides is 6. The summed E-state index contributed by atoms with van der Waals surface area (Å²) in [6.07, 6.45) is -15.4. The monoisotopic (exact) mass is 1880 g/mol. The van der Waals surface area contributed by atoms with Crippen molar-refractivity contribution in [2.24, 2.45) is 58.6 Å². The number of unbranched alkanes of at least 4 members (excludes halogenated alkanes) is 5. The number of carbonyl (C=O) groups is 9. The van der Waals surface area contributed by atoms with Gasteiger partial charge in [-0.1, -0.05) is 94.3 Å². The van der Waals surface area contributed by atoms with Gasteiger partial charge in [0, 0.05) is 73.3 Å². The Labute approximate surface area is 774 Å². The molecule has 8 aliphatic heterocycles. The number of halogens is 2. The maximum Gasteiger partial charge on any atom is 0.412 e. The Hall–Kier alpha value is -9.25. The van der Waals surface area contributed by atoms with Gasteiger partial charge in [0.1, 0.15) is 83.4 Å². The maximum atomic E-state index is 17.0. The van der Waals surface area contributed by atoms with E-state index < -0.39 is 241 Å². The Morgan fingerprint density at radius 2 is 1.26 bits per heavy atom. The number of aliphatic hydroxyl groups is 6. The number of carbonyl (C=O) groups excluding carboxylic acids is 9. The minimum Gasteiger partial charge on any atom is -0.507 e. The normalized spacial score (nSPS) is 33.1. The number of ether oxygens (including phenoxy) is 9. The molecule has 5 aromatic carbocycles. The van der Waals surface area contributed by atoms with E-state index in [1.807, 2.05) is 13.8 Å². The quantitative estimate of drug-likeness (QED) is 0.0246. The first kappa shape index (κ1) is 98.7. The number of ketones is 3. The summed E-state index contributed by atoms with van der Waals surface area (Å²) in [7, 11) is 1.51. The zero-order chi connectivity index (χ0) is 95.0. The van der Waals surface area contributed by atoms with Crippen molar-refractivity contribution in [2.75, 3.05) is 20.2 Å². The van der Waals surface area contributed by atoms with Gasteiger partial charge in [-0.2, -0.15) is 0 Å². The summed E-state index contributed by atoms with van der Waals surface area (Å²) < 4.78 is 59.0. The van der Waals surface area contributed by atoms with Crippen molar-refractivity contribution in [3.05, 3.63) is 117 Å². The zero-order valence-corrected chi connectivity index (χ0v) is 76.6. The molecule has 718 valence electrons. The van der Waals surface area contributed by atoms with Crippen LogP contribution >= 0.6 is 23.2 Å². The van der Waals surface area contributed by atoms with E-state index in [4.69, 9.17) is 83.0 Å². The van der Waals surface area contributed by atoms with Crippen LogP contribution in [-0.2, 0) is 62.0 Å². The first-order valence-electron chi connectivity index (χ1n) is 45.7. The number of nitrogens with one attached hydrogen (secondary N) is 6. The molecule has 35 nitrogen and oxygen atoms in total. The highest BCUT2D eigenvalue weighted by atomic mass is 35.5. The second-order valence-corrected chi connectivity index (χ2v) is 39.1. The molecule has 12 aliphatic rings. The van der Waals surface area contributed by atoms with Crippen LogP contribution in [0.2, 0.25) is 10.0 Å². The van der Waals surface area contributed by atoms with Crippen LogP contribution in [0.15, 0.2) is 78.9 Å². The van der Waals surface area contributed by atoms with E-state index in [2.05, 4.69) is 38.8 Å². The highest BCUT2D eigenvalue weighted by Crippen LogP contribution is 2.59. The Morgan fingerprint density at radius 3 is 1.86 bits per heavy atom. The number of primary amides is 1. The Balaban J connectivity index is 0.996. The Morgan fingerprint density at radius 1 is 0.652 bits per heavy atom. The largest absolute Gasteiger partial charge is 0.507 e. The van der Waals surface area contributed by atoms with E-state index in [1.165, 1.54) is 82.4 Å². The molecule has 15 bridgehead atoms. The standard InChI is InChI=1S/C95H123Cl2N9O26/c1-9-10-11-12-13-14-21-102-93(123)126-54-35-58-75(63(109)36-54)57-28-47(15-18-62(57)108)56-38-65(111)76-52-32-69(127-67-19-16-48(29-59(67)96)80(114)78(105-90(121)61(101-8)22-42(2)3)64(110)31-53(34-72(98)113)88(119)103-76)84(132-92-85(82(116)81(115)71(41-107)129-92)131-74-40-95(7,100)87(118)44(5)125-74)70(33-52)128-68-20-17-49(30-60(68)97)83(130-73-39-94(6,99)86(117)43(4)124-73)79(106-89(56)120)91(122)104-77(58)66(112)37-55-50-24-45-23-46(26-50)27-51(55)25-45/h15-20,28-30,32-33,35-36,42-46,50-51,53,55-56,61,71,73-74,76-83,85-87,92,101,107-109,114-118H,9-14,21-27,31,34,37-41,99-100H2,1-8H3,(H2,98,113)(H,102,123)(H,103,119)(H,104,122)(H,105,121)(H,106,120)/t43?,44?,45?,46?,50?,51?,53-,55?,56+,61+,71?,73?,74?,76+,77-,78-,79-,80+,81?,82?,83+,85?,86?,87?,92?,94?,95?/m0/s1. The van der Waals surface area contributed by atoms with Crippen LogP contribution in [0.1, 0.15) is 222 Å². The molecule has 6 amide bonds. The van der Waals surface area contributed by atoms with Gasteiger partial charge in [-0.15, -0.1) is 0 Å². The fourth-order valence-corrected chi connectivity index (χ4v) is 21.3. The summed E-state index contributed by atoms with van der Waals surface area (Å²) in [5, 5.41) is 112. The van der Waals surface area contributed by atoms with Crippen LogP contribution in [0.5, 0.6) is 46.0 Å². The lowest BCUT2D eigenvalue weighted by Crippen LogP contribution is -2.64. The average molecular weight is 1880 g/mol. The minimum atomic E-state index is -2.23. The van der Waals surface area contributed by atoms with Gasteiger partial charge in [0.05, 0.1) is 58.9 Å². The first-order chi connectivity index (χ1) is 62.7. The lowest BCUT2D eigenvalue weighted by atomic mass is 9.51. The molecule has 0 radical (unpaired) electrons. The number of fused-ring (bicyclic) bond motifs is 15. The Bertz CT molecular complexity index is 5090. The zero-order valence-electron chi connectivity index (χ0n) is 75.1. The van der Waals surface area contributed by atoms with Crippen molar-refractivity contribution < 1.29 is 127 Å². The van der Waals surface area contributed by atoms with Gasteiger partial charge >= 0.3 is 6.09 Å². The molecule has 0 aromatic heterocycles. The van der Waals surface area contributed by atoms with Gasteiger partial charge in [0.2, 0.25) is 41.6 Å². The number of Topliss-reactive ketones (excluding diaryl/α,β-unsaturated/α-hetero) is 3. The molecule has 20 N–H and O–H groups in total. The molecule has 13 unspecified atom stereocenters. The third-order valence-electron chi connectivity index (χ3n) is 27.7. The van der Waals surface area contributed by atoms with Crippen LogP contribution in [0, 0.1) is 41.4 Å². The first-order valence-corrected chi connectivity index (χ1v) is 46.5. The molecule has 132 heavy (non-hydrogen) atoms. The van der Waals surface area contributed by atoms with E-state index >= 15 is 28.8 Å². The second kappa shape index (κ2) is 41.5. The van der Waals surface area contributed by atoms with E-state index in [0.717, 1.165) is 88.5 Å². The fraction of sp³-hybridized carbons (Fsp3) is 0.589. The van der Waals surface area contributed by atoms with Crippen LogP contribution in [0.25, 0.3) is 11.1 Å². The second-order valence-electron chi connectivity index (χ2n) is 38.3. The van der Waals surface area contributed by atoms with Crippen LogP contribution < -0.4 is 68.0 Å². The van der Waals surface area contributed by atoms with Crippen molar-refractivity contribution in [1.29, 1.82) is 0 Å². The highest BCUT2D eigenvalue weighted by Gasteiger charge is 2.54. The molecule has 22 atom stereocenters. The third-order valence-corrected chi connectivity index (χ3v) is 28.3. The van der Waals surface area contributed by atoms with E-state index in [1.54, 1.807) is 6.92 Å². The Kier molecular flexibility index (Phi) is 31.1. The number of aliphatic hydroxyl groups excluding tert-OH is 6. The van der Waals surface area contributed by atoms with Crippen molar-refractivity contribution in [3.63, 3.8) is 0 Å². The third kappa shape index (κ3) is 22.0. The number of hydrogen-bond acceptors (Lipinski definition) is 29. The van der Waals surface area contributed by atoms with E-state index in [-0.39, 0.29) is 122 Å². The number of hydrogen-bond donors (Lipinski definition) is 17. The summed E-state index contributed by atoms with van der Waals surface area (Å²) >= 11 is 14.9. The summed E-state index contributed by atoms with van der Waals surface area (Å²) in [5.74, 6) is -15.3. The predicted molar refractivity (Wildman–Crippen MR) is 477 cm³/mol. The fourth-order valence-electron chi connectivity index (χ4n) is 20.8. The van der Waals surface area contributed by atoms with Gasteiger partial charge < -0.3 is 133 Å². The molecule has 0 spiro atoms. The van der Waals surface area contributed by atoms with Gasteiger partial charge in [-0.25, -0.2) is 4.79 Å². The summed E-state index contributed by atoms with van der Waals surface area (Å²) in [5.41, 5.74) is 15.1. The molecule has 7 fully saturated rings. The number of aromatic hydroxyl groups is 2. The molecule has 8 heterocycles. The summed E-state index contributed by atoms with van der Waals surface area (Å²) in [4.78, 5) is 140. The molecule has 4 aliphatic carbocycles. The average Bonchev–Trinajstić information content (AvgIpc) is 0.754. The van der Waals surface area contributed by atoms with Gasteiger partial charge in [-0.05, 0) is 198 Å². The van der Waals surface area contributed by atoms with Crippen LogP contribution in [-0.4, -0.2) is 211 Å². The molecule has 4 saturated carbocycles. The number of nitrogens with two attached hydrogens (primary N) is 3. The molecular weight excluding hydrogens is 1750 g/mol. The topological polar surface area (TPSA) is 549 Å². The van der Waals surface area contributed by atoms with E-state index in [0.29, 0.717) is 18.3 Å². The summed E-state index contributed by atoms with van der Waals surface area (Å²) in [6.45, 7) is 11.2. The van der Waals surface area contributed by atoms with Crippen LogP contribution in [0.4, 0.5) is 4.79 Å². The minimum absolute atomic E-state index is 0.0530. The lowest BCUT2D eigenvalue weighted by Gasteiger charge is -2.54. The van der Waals surface area contributed by atoms with Gasteiger partial charge in [0.15, 0.2) is 47.5 Å². The number of likely N-dealkylation sites (N-methyl/N-ethyl adjacent to an activating group) is 1. The predicted octanol–water partition coefficient (Wildman–Crippen LogP) is 8.01. The smallest absolute Gasteiger partial charge is 0.412 e.